The smallest absolute Gasteiger partial charge is 0.118 e. The number of rotatable bonds is 4. The van der Waals surface area contributed by atoms with E-state index in [1.165, 1.54) is 0 Å². The fourth-order valence-electron chi connectivity index (χ4n) is 2.55. The quantitative estimate of drug-likeness (QED) is 0.687. The molecule has 0 aromatic heterocycles. The number of aliphatic hydroxyl groups excluding tert-OH is 1. The Balaban J connectivity index is 1.94. The van der Waals surface area contributed by atoms with Crippen LogP contribution in [0.4, 0.5) is 0 Å². The van der Waals surface area contributed by atoms with Crippen LogP contribution in [0.5, 0.6) is 5.75 Å². The predicted molar refractivity (Wildman–Crippen MR) is 106 cm³/mol. The van der Waals surface area contributed by atoms with Crippen molar-refractivity contribution in [2.45, 2.75) is 6.10 Å². The van der Waals surface area contributed by atoms with Crippen LogP contribution in [0.3, 0.4) is 0 Å². The van der Waals surface area contributed by atoms with Crippen LogP contribution in [0.1, 0.15) is 22.8 Å². The number of hydrogen-bond donors (Lipinski definition) is 1. The molecule has 0 saturated carbocycles. The van der Waals surface area contributed by atoms with Crippen molar-refractivity contribution >= 4 is 5.57 Å². The summed E-state index contributed by atoms with van der Waals surface area (Å²) in [4.78, 5) is 0. The van der Waals surface area contributed by atoms with E-state index in [4.69, 9.17) is 4.74 Å². The zero-order chi connectivity index (χ0) is 18.2. The summed E-state index contributed by atoms with van der Waals surface area (Å²) < 4.78 is 5.17. The lowest BCUT2D eigenvalue weighted by Crippen LogP contribution is -1.94. The fraction of sp³-hybridized carbons (Fsp3) is 0.0833. The van der Waals surface area contributed by atoms with Crippen LogP contribution in [0.15, 0.2) is 91.0 Å². The van der Waals surface area contributed by atoms with Gasteiger partial charge in [-0.1, -0.05) is 72.5 Å². The molecule has 3 aromatic rings. The molecule has 1 atom stereocenters. The van der Waals surface area contributed by atoms with Crippen LogP contribution >= 0.6 is 0 Å². The molecule has 0 spiro atoms. The number of methoxy groups -OCH3 is 1. The molecule has 3 aromatic carbocycles. The highest BCUT2D eigenvalue weighted by molar-refractivity contribution is 5.80. The lowest BCUT2D eigenvalue weighted by molar-refractivity contribution is 0.229. The third kappa shape index (κ3) is 4.63. The van der Waals surface area contributed by atoms with E-state index >= 15 is 0 Å². The molecule has 0 radical (unpaired) electrons. The topological polar surface area (TPSA) is 29.5 Å². The lowest BCUT2D eigenvalue weighted by atomic mass is 10.0. The van der Waals surface area contributed by atoms with Crippen molar-refractivity contribution in [2.24, 2.45) is 0 Å². The van der Waals surface area contributed by atoms with Crippen molar-refractivity contribution in [3.63, 3.8) is 0 Å². The molecule has 0 saturated heterocycles. The highest BCUT2D eigenvalue weighted by Crippen LogP contribution is 2.21. The molecule has 0 bridgehead atoms. The third-order valence-corrected chi connectivity index (χ3v) is 3.98. The van der Waals surface area contributed by atoms with Crippen molar-refractivity contribution in [1.29, 1.82) is 0 Å². The summed E-state index contributed by atoms with van der Waals surface area (Å²) in [5.41, 5.74) is 3.50. The highest BCUT2D eigenvalue weighted by Gasteiger charge is 2.06. The Morgan fingerprint density at radius 2 is 1.50 bits per heavy atom. The van der Waals surface area contributed by atoms with Crippen molar-refractivity contribution in [1.82, 2.24) is 0 Å². The molecule has 0 amide bonds. The highest BCUT2D eigenvalue weighted by atomic mass is 16.5. The van der Waals surface area contributed by atoms with E-state index < -0.39 is 6.10 Å². The van der Waals surface area contributed by atoms with Gasteiger partial charge in [-0.15, -0.1) is 0 Å². The molecule has 2 heteroatoms. The van der Waals surface area contributed by atoms with Gasteiger partial charge in [-0.3, -0.25) is 0 Å². The molecule has 26 heavy (non-hydrogen) atoms. The zero-order valence-corrected chi connectivity index (χ0v) is 14.6. The minimum absolute atomic E-state index is 0.712. The first-order chi connectivity index (χ1) is 12.8. The maximum absolute atomic E-state index is 10.6. The summed E-state index contributed by atoms with van der Waals surface area (Å²) in [6.07, 6.45) is 1.08. The molecular weight excluding hydrogens is 320 g/mol. The Kier molecular flexibility index (Phi) is 5.88. The Bertz CT molecular complexity index is 915. The molecule has 0 aliphatic rings. The van der Waals surface area contributed by atoms with E-state index in [-0.39, 0.29) is 0 Å². The van der Waals surface area contributed by atoms with Gasteiger partial charge < -0.3 is 9.84 Å². The van der Waals surface area contributed by atoms with Gasteiger partial charge in [0.05, 0.1) is 13.2 Å². The van der Waals surface area contributed by atoms with Gasteiger partial charge in [-0.2, -0.15) is 0 Å². The van der Waals surface area contributed by atoms with Gasteiger partial charge in [0.15, 0.2) is 0 Å². The number of ether oxygens (including phenoxy) is 1. The maximum atomic E-state index is 10.6. The summed E-state index contributed by atoms with van der Waals surface area (Å²) in [6.45, 7) is 0. The first-order valence-electron chi connectivity index (χ1n) is 8.42. The van der Waals surface area contributed by atoms with Crippen molar-refractivity contribution in [3.05, 3.63) is 108 Å². The standard InChI is InChI=1S/C24H20O2/c1-26-23-16-13-19(14-17-23)12-15-22(20-8-4-2-5-9-20)18-24(25)21-10-6-3-7-11-21/h2-11,13-14,16-18,24-25H,1H3/b22-18+. The van der Waals surface area contributed by atoms with Crippen LogP contribution in [0, 0.1) is 11.8 Å². The average Bonchev–Trinajstić information content (AvgIpc) is 2.72. The van der Waals surface area contributed by atoms with Gasteiger partial charge in [-0.25, -0.2) is 0 Å². The minimum atomic E-state index is -0.712. The number of hydrogen-bond acceptors (Lipinski definition) is 2. The van der Waals surface area contributed by atoms with Gasteiger partial charge >= 0.3 is 0 Å². The first-order valence-corrected chi connectivity index (χ1v) is 8.42. The Hall–Kier alpha value is -3.28. The molecule has 128 valence electrons. The molecule has 1 unspecified atom stereocenters. The molecule has 0 aliphatic heterocycles. The number of aliphatic hydroxyl groups is 1. The largest absolute Gasteiger partial charge is 0.497 e. The molecule has 1 N–H and O–H groups in total. The first kappa shape index (κ1) is 17.5. The molecular formula is C24H20O2. The SMILES string of the molecule is COc1ccc(C#C/C(=C\C(O)c2ccccc2)c2ccccc2)cc1. The summed E-state index contributed by atoms with van der Waals surface area (Å²) >= 11 is 0. The molecule has 0 fully saturated rings. The van der Waals surface area contributed by atoms with Crippen LogP contribution in [-0.2, 0) is 0 Å². The van der Waals surface area contributed by atoms with Gasteiger partial charge in [-0.05, 0) is 41.5 Å². The van der Waals surface area contributed by atoms with Crippen LogP contribution in [-0.4, -0.2) is 12.2 Å². The van der Waals surface area contributed by atoms with E-state index in [0.29, 0.717) is 0 Å². The van der Waals surface area contributed by atoms with Gasteiger partial charge in [0, 0.05) is 11.1 Å². The number of allylic oxidation sites excluding steroid dienone is 1. The fourth-order valence-corrected chi connectivity index (χ4v) is 2.55. The van der Waals surface area contributed by atoms with E-state index in [1.807, 2.05) is 84.9 Å². The predicted octanol–water partition coefficient (Wildman–Crippen LogP) is 4.86. The second-order valence-electron chi connectivity index (χ2n) is 5.78. The number of benzene rings is 3. The third-order valence-electron chi connectivity index (χ3n) is 3.98. The lowest BCUT2D eigenvalue weighted by Gasteiger charge is -2.08. The van der Waals surface area contributed by atoms with E-state index in [9.17, 15) is 5.11 Å². The van der Waals surface area contributed by atoms with E-state index in [2.05, 4.69) is 11.8 Å². The average molecular weight is 340 g/mol. The Labute approximate surface area is 154 Å². The summed E-state index contributed by atoms with van der Waals surface area (Å²) in [6, 6.07) is 27.1. The second kappa shape index (κ2) is 8.71. The summed E-state index contributed by atoms with van der Waals surface area (Å²) in [5.74, 6) is 7.17. The monoisotopic (exact) mass is 340 g/mol. The van der Waals surface area contributed by atoms with Crippen molar-refractivity contribution in [3.8, 4) is 17.6 Å². The van der Waals surface area contributed by atoms with Crippen LogP contribution in [0.2, 0.25) is 0 Å². The molecule has 0 aliphatic carbocycles. The Morgan fingerprint density at radius 1 is 0.885 bits per heavy atom. The van der Waals surface area contributed by atoms with Gasteiger partial charge in [0.25, 0.3) is 0 Å². The molecule has 0 heterocycles. The normalized spacial score (nSPS) is 12.0. The van der Waals surface area contributed by atoms with Crippen molar-refractivity contribution < 1.29 is 9.84 Å². The van der Waals surface area contributed by atoms with Gasteiger partial charge in [0.1, 0.15) is 5.75 Å². The Morgan fingerprint density at radius 3 is 2.12 bits per heavy atom. The van der Waals surface area contributed by atoms with Crippen molar-refractivity contribution in [2.75, 3.05) is 7.11 Å². The summed E-state index contributed by atoms with van der Waals surface area (Å²) in [5, 5.41) is 10.6. The molecule has 2 nitrogen and oxygen atoms in total. The van der Waals surface area contributed by atoms with Crippen LogP contribution < -0.4 is 4.74 Å². The van der Waals surface area contributed by atoms with E-state index in [1.54, 1.807) is 13.2 Å². The van der Waals surface area contributed by atoms with Gasteiger partial charge in [0.2, 0.25) is 0 Å². The maximum Gasteiger partial charge on any atom is 0.118 e. The second-order valence-corrected chi connectivity index (χ2v) is 5.78. The summed E-state index contributed by atoms with van der Waals surface area (Å²) in [7, 11) is 1.64. The zero-order valence-electron chi connectivity index (χ0n) is 14.6. The van der Waals surface area contributed by atoms with Crippen LogP contribution in [0.25, 0.3) is 5.57 Å². The minimum Gasteiger partial charge on any atom is -0.497 e. The molecule has 3 rings (SSSR count). The van der Waals surface area contributed by atoms with E-state index in [0.717, 1.165) is 28.0 Å².